The Morgan fingerprint density at radius 3 is 2.63 bits per heavy atom. The van der Waals surface area contributed by atoms with Crippen molar-refractivity contribution in [2.75, 3.05) is 12.0 Å². The lowest BCUT2D eigenvalue weighted by molar-refractivity contribution is 0.586. The zero-order valence-corrected chi connectivity index (χ0v) is 21.0. The minimum absolute atomic E-state index is 0.00396. The first kappa shape index (κ1) is 23.8. The molecule has 2 aromatic carbocycles. The quantitative estimate of drug-likeness (QED) is 0.249. The average molecular weight is 528 g/mol. The molecule has 0 aliphatic rings. The summed E-state index contributed by atoms with van der Waals surface area (Å²) in [5, 5.41) is 9.13. The maximum absolute atomic E-state index is 14.5. The standard InChI is InChI=1S/C27H22FN7O2S/c1-38(36,37)32-11-15-5-16(7-19(28)6-15)21-3-2-4-24-22(21)10-25(33-24)26-23-9-18(13-31-27(23)35-34-26)17-8-20(29)14-30-12-17/h2-10,12-14,32-33H,11,29H2,1H3,(H,31,34,35). The van der Waals surface area contributed by atoms with Crippen LogP contribution in [-0.4, -0.2) is 39.8 Å². The smallest absolute Gasteiger partial charge is 0.209 e. The van der Waals surface area contributed by atoms with E-state index in [0.29, 0.717) is 22.5 Å². The number of benzene rings is 2. The van der Waals surface area contributed by atoms with Gasteiger partial charge in [-0.2, -0.15) is 5.10 Å². The van der Waals surface area contributed by atoms with Crippen LogP contribution in [0.5, 0.6) is 0 Å². The number of nitrogen functional groups attached to an aromatic ring is 1. The number of hydrogen-bond acceptors (Lipinski definition) is 6. The Balaban J connectivity index is 1.43. The Bertz CT molecular complexity index is 1950. The number of nitrogens with two attached hydrogens (primary N) is 1. The van der Waals surface area contributed by atoms with Gasteiger partial charge < -0.3 is 10.7 Å². The number of H-pyrrole nitrogens is 2. The van der Waals surface area contributed by atoms with E-state index in [1.54, 1.807) is 24.7 Å². The molecule has 0 aliphatic heterocycles. The zero-order valence-electron chi connectivity index (χ0n) is 20.2. The third kappa shape index (κ3) is 4.60. The molecule has 38 heavy (non-hydrogen) atoms. The lowest BCUT2D eigenvalue weighted by Crippen LogP contribution is -2.21. The number of nitrogens with zero attached hydrogens (tertiary/aromatic N) is 3. The van der Waals surface area contributed by atoms with Crippen molar-refractivity contribution < 1.29 is 12.8 Å². The number of nitrogens with one attached hydrogen (secondary N) is 3. The van der Waals surface area contributed by atoms with E-state index >= 15 is 0 Å². The molecule has 0 atom stereocenters. The lowest BCUT2D eigenvalue weighted by atomic mass is 9.99. The molecule has 0 saturated carbocycles. The number of aromatic amines is 2. The molecule has 0 spiro atoms. The Morgan fingerprint density at radius 1 is 0.974 bits per heavy atom. The molecule has 0 aliphatic carbocycles. The predicted molar refractivity (Wildman–Crippen MR) is 146 cm³/mol. The van der Waals surface area contributed by atoms with Gasteiger partial charge in [-0.15, -0.1) is 0 Å². The molecule has 9 nitrogen and oxygen atoms in total. The van der Waals surface area contributed by atoms with Crippen molar-refractivity contribution in [2.24, 2.45) is 0 Å². The minimum atomic E-state index is -3.41. The summed E-state index contributed by atoms with van der Waals surface area (Å²) in [6.07, 6.45) is 6.11. The molecule has 5 N–H and O–H groups in total. The van der Waals surface area contributed by atoms with Crippen LogP contribution >= 0.6 is 0 Å². The van der Waals surface area contributed by atoms with Crippen molar-refractivity contribution in [2.45, 2.75) is 6.54 Å². The highest BCUT2D eigenvalue weighted by Gasteiger charge is 2.16. The number of aromatic nitrogens is 5. The van der Waals surface area contributed by atoms with E-state index in [0.717, 1.165) is 50.6 Å². The fraction of sp³-hybridized carbons (Fsp3) is 0.0741. The van der Waals surface area contributed by atoms with Gasteiger partial charge in [0.15, 0.2) is 5.65 Å². The number of anilines is 1. The Kier molecular flexibility index (Phi) is 5.66. The van der Waals surface area contributed by atoms with Gasteiger partial charge in [-0.1, -0.05) is 12.1 Å². The van der Waals surface area contributed by atoms with Crippen molar-refractivity contribution in [1.82, 2.24) is 29.9 Å². The van der Waals surface area contributed by atoms with Crippen molar-refractivity contribution in [3.8, 4) is 33.6 Å². The zero-order chi connectivity index (χ0) is 26.4. The average Bonchev–Trinajstić information content (AvgIpc) is 3.50. The number of fused-ring (bicyclic) bond motifs is 2. The van der Waals surface area contributed by atoms with Crippen LogP contribution in [-0.2, 0) is 16.6 Å². The van der Waals surface area contributed by atoms with Crippen LogP contribution in [0.4, 0.5) is 10.1 Å². The van der Waals surface area contributed by atoms with Crippen molar-refractivity contribution in [3.63, 3.8) is 0 Å². The molecule has 4 aromatic heterocycles. The maximum atomic E-state index is 14.5. The number of rotatable bonds is 6. The van der Waals surface area contributed by atoms with Gasteiger partial charge in [0.2, 0.25) is 10.0 Å². The SMILES string of the molecule is CS(=O)(=O)NCc1cc(F)cc(-c2cccc3[nH]c(-c4[nH]nc5ncc(-c6cncc(N)c6)cc45)cc23)c1. The summed E-state index contributed by atoms with van der Waals surface area (Å²) in [4.78, 5) is 12.1. The number of hydrogen-bond donors (Lipinski definition) is 4. The van der Waals surface area contributed by atoms with E-state index in [9.17, 15) is 12.8 Å². The maximum Gasteiger partial charge on any atom is 0.209 e. The number of halogens is 1. The van der Waals surface area contributed by atoms with Gasteiger partial charge in [-0.05, 0) is 59.2 Å². The normalized spacial score (nSPS) is 11.9. The molecule has 0 radical (unpaired) electrons. The summed E-state index contributed by atoms with van der Waals surface area (Å²) in [6, 6.07) is 16.1. The fourth-order valence-electron chi connectivity index (χ4n) is 4.54. The molecule has 11 heteroatoms. The molecule has 0 unspecified atom stereocenters. The number of sulfonamides is 1. The molecule has 0 bridgehead atoms. The molecular formula is C27H22FN7O2S. The second kappa shape index (κ2) is 9.05. The van der Waals surface area contributed by atoms with Crippen LogP contribution in [0.15, 0.2) is 73.2 Å². The molecular weight excluding hydrogens is 505 g/mol. The second-order valence-corrected chi connectivity index (χ2v) is 10.9. The van der Waals surface area contributed by atoms with E-state index in [4.69, 9.17) is 5.73 Å². The predicted octanol–water partition coefficient (Wildman–Crippen LogP) is 4.61. The molecule has 6 aromatic rings. The Morgan fingerprint density at radius 2 is 1.82 bits per heavy atom. The van der Waals surface area contributed by atoms with Gasteiger partial charge in [0.1, 0.15) is 5.82 Å². The largest absolute Gasteiger partial charge is 0.397 e. The third-order valence-corrected chi connectivity index (χ3v) is 6.91. The highest BCUT2D eigenvalue weighted by Crippen LogP contribution is 2.35. The first-order chi connectivity index (χ1) is 18.2. The highest BCUT2D eigenvalue weighted by atomic mass is 32.2. The van der Waals surface area contributed by atoms with Gasteiger partial charge in [-0.25, -0.2) is 22.5 Å². The minimum Gasteiger partial charge on any atom is -0.397 e. The van der Waals surface area contributed by atoms with Crippen LogP contribution in [0, 0.1) is 5.82 Å². The Labute approximate surface area is 217 Å². The highest BCUT2D eigenvalue weighted by molar-refractivity contribution is 7.88. The number of pyridine rings is 2. The first-order valence-corrected chi connectivity index (χ1v) is 13.5. The summed E-state index contributed by atoms with van der Waals surface area (Å²) in [7, 11) is -3.41. The van der Waals surface area contributed by atoms with Crippen LogP contribution < -0.4 is 10.5 Å². The van der Waals surface area contributed by atoms with E-state index in [2.05, 4.69) is 29.9 Å². The summed E-state index contributed by atoms with van der Waals surface area (Å²) >= 11 is 0. The first-order valence-electron chi connectivity index (χ1n) is 11.7. The van der Waals surface area contributed by atoms with Gasteiger partial charge in [0.05, 0.1) is 23.3 Å². The van der Waals surface area contributed by atoms with Crippen LogP contribution in [0.3, 0.4) is 0 Å². The van der Waals surface area contributed by atoms with Crippen LogP contribution in [0.1, 0.15) is 5.56 Å². The van der Waals surface area contributed by atoms with Gasteiger partial charge >= 0.3 is 0 Å². The fourth-order valence-corrected chi connectivity index (χ4v) is 4.97. The third-order valence-electron chi connectivity index (χ3n) is 6.24. The van der Waals surface area contributed by atoms with Crippen LogP contribution in [0.2, 0.25) is 0 Å². The molecule has 6 rings (SSSR count). The van der Waals surface area contributed by atoms with Crippen molar-refractivity contribution in [1.29, 1.82) is 0 Å². The monoisotopic (exact) mass is 527 g/mol. The summed E-state index contributed by atoms with van der Waals surface area (Å²) in [5.74, 6) is -0.449. The Hall–Kier alpha value is -4.61. The van der Waals surface area contributed by atoms with Gasteiger partial charge in [0, 0.05) is 52.6 Å². The lowest BCUT2D eigenvalue weighted by Gasteiger charge is -2.08. The van der Waals surface area contributed by atoms with Crippen molar-refractivity contribution in [3.05, 3.63) is 84.6 Å². The topological polar surface area (TPSA) is 142 Å². The summed E-state index contributed by atoms with van der Waals surface area (Å²) < 4.78 is 40.0. The second-order valence-electron chi connectivity index (χ2n) is 9.09. The van der Waals surface area contributed by atoms with E-state index in [1.165, 1.54) is 12.1 Å². The molecule has 4 heterocycles. The van der Waals surface area contributed by atoms with Gasteiger partial charge in [0.25, 0.3) is 0 Å². The summed E-state index contributed by atoms with van der Waals surface area (Å²) in [5.41, 5.74) is 13.1. The van der Waals surface area contributed by atoms with E-state index in [1.807, 2.05) is 36.4 Å². The van der Waals surface area contributed by atoms with Gasteiger partial charge in [-0.3, -0.25) is 10.1 Å². The summed E-state index contributed by atoms with van der Waals surface area (Å²) in [6.45, 7) is -0.00396. The molecule has 0 amide bonds. The van der Waals surface area contributed by atoms with E-state index in [-0.39, 0.29) is 6.54 Å². The molecule has 190 valence electrons. The van der Waals surface area contributed by atoms with Crippen LogP contribution in [0.25, 0.3) is 55.6 Å². The van der Waals surface area contributed by atoms with Crippen molar-refractivity contribution >= 4 is 37.6 Å². The van der Waals surface area contributed by atoms with E-state index < -0.39 is 15.8 Å². The molecule has 0 fully saturated rings. The molecule has 0 saturated heterocycles.